The van der Waals surface area contributed by atoms with E-state index in [0.29, 0.717) is 30.7 Å². The fourth-order valence-electron chi connectivity index (χ4n) is 5.19. The molecule has 1 amide bonds. The van der Waals surface area contributed by atoms with Crippen LogP contribution >= 0.6 is 0 Å². The number of nitrogens with zero attached hydrogens (tertiary/aromatic N) is 2. The highest BCUT2D eigenvalue weighted by Crippen LogP contribution is 2.61. The van der Waals surface area contributed by atoms with Crippen molar-refractivity contribution in [2.75, 3.05) is 11.9 Å². The number of carbonyl (C=O) groups is 2. The molecular formula is C29H27N3O4. The number of nitrogens with one attached hydrogen (secondary N) is 1. The molecule has 5 rings (SSSR count). The molecule has 0 radical (unpaired) electrons. The third kappa shape index (κ3) is 4.55. The van der Waals surface area contributed by atoms with Crippen molar-refractivity contribution in [2.45, 2.75) is 44.4 Å². The summed E-state index contributed by atoms with van der Waals surface area (Å²) >= 11 is 0. The number of fused-ring (bicyclic) bond motifs is 2. The molecular weight excluding hydrogens is 454 g/mol. The van der Waals surface area contributed by atoms with Crippen molar-refractivity contribution in [3.63, 3.8) is 0 Å². The fourth-order valence-corrected chi connectivity index (χ4v) is 5.19. The number of hydrogen-bond acceptors (Lipinski definition) is 5. The van der Waals surface area contributed by atoms with E-state index in [1.165, 1.54) is 0 Å². The van der Waals surface area contributed by atoms with E-state index in [2.05, 4.69) is 22.4 Å². The summed E-state index contributed by atoms with van der Waals surface area (Å²) in [6.07, 6.45) is 4.37. The minimum absolute atomic E-state index is 0.0503. The molecule has 1 aromatic heterocycles. The standard InChI is InChI=1S/C29H27N3O4/c1-18-5-7-22(17-31-18)21-9-10-26-23(14-21)29(11-12-36-26)15-24(29)28(35)32-25-13-19(16-30)6-8-20(25)3-2-4-27(33)34/h5-10,13-14,17,24H,2-4,11-12,15H2,1H3,(H,32,35)(H,33,34)/t24-,29-/m0/s1. The van der Waals surface area contributed by atoms with Gasteiger partial charge in [-0.15, -0.1) is 0 Å². The van der Waals surface area contributed by atoms with Crippen LogP contribution in [-0.2, 0) is 21.4 Å². The zero-order chi connectivity index (χ0) is 25.3. The van der Waals surface area contributed by atoms with Crippen molar-refractivity contribution in [3.05, 3.63) is 77.1 Å². The second kappa shape index (κ2) is 9.46. The lowest BCUT2D eigenvalue weighted by atomic mass is 9.85. The highest BCUT2D eigenvalue weighted by molar-refractivity contribution is 5.97. The first-order valence-electron chi connectivity index (χ1n) is 12.2. The van der Waals surface area contributed by atoms with Crippen LogP contribution in [0.5, 0.6) is 5.75 Å². The van der Waals surface area contributed by atoms with E-state index in [1.807, 2.05) is 37.4 Å². The Labute approximate surface area is 209 Å². The van der Waals surface area contributed by atoms with Crippen LogP contribution in [0.25, 0.3) is 11.1 Å². The largest absolute Gasteiger partial charge is 0.493 e. The Hall–Kier alpha value is -4.18. The summed E-state index contributed by atoms with van der Waals surface area (Å²) in [6.45, 7) is 2.52. The van der Waals surface area contributed by atoms with Crippen molar-refractivity contribution >= 4 is 17.6 Å². The van der Waals surface area contributed by atoms with Crippen molar-refractivity contribution in [1.82, 2.24) is 4.98 Å². The number of aliphatic carboxylic acids is 1. The molecule has 0 bridgehead atoms. The van der Waals surface area contributed by atoms with Gasteiger partial charge in [-0.3, -0.25) is 14.6 Å². The number of rotatable bonds is 7. The number of carboxylic acids is 1. The molecule has 1 aliphatic heterocycles. The Morgan fingerprint density at radius 3 is 2.78 bits per heavy atom. The molecule has 36 heavy (non-hydrogen) atoms. The number of benzene rings is 2. The summed E-state index contributed by atoms with van der Waals surface area (Å²) < 4.78 is 5.94. The number of aromatic nitrogens is 1. The number of carbonyl (C=O) groups excluding carboxylic acids is 1. The number of aryl methyl sites for hydroxylation is 2. The summed E-state index contributed by atoms with van der Waals surface area (Å²) in [5.41, 5.74) is 5.66. The molecule has 182 valence electrons. The van der Waals surface area contributed by atoms with Crippen LogP contribution in [-0.4, -0.2) is 28.6 Å². The van der Waals surface area contributed by atoms with Gasteiger partial charge in [-0.1, -0.05) is 18.2 Å². The summed E-state index contributed by atoms with van der Waals surface area (Å²) in [6, 6.07) is 17.4. The van der Waals surface area contributed by atoms with Crippen LogP contribution in [0.3, 0.4) is 0 Å². The van der Waals surface area contributed by atoms with Crippen LogP contribution < -0.4 is 10.1 Å². The Bertz CT molecular complexity index is 1380. The fraction of sp³-hybridized carbons (Fsp3) is 0.310. The van der Waals surface area contributed by atoms with Crippen LogP contribution in [0.1, 0.15) is 48.1 Å². The lowest BCUT2D eigenvalue weighted by Gasteiger charge is -2.27. The summed E-state index contributed by atoms with van der Waals surface area (Å²) in [7, 11) is 0. The van der Waals surface area contributed by atoms with Crippen molar-refractivity contribution in [2.24, 2.45) is 5.92 Å². The van der Waals surface area contributed by atoms with Gasteiger partial charge in [-0.05, 0) is 74.1 Å². The van der Waals surface area contributed by atoms with E-state index in [4.69, 9.17) is 9.84 Å². The lowest BCUT2D eigenvalue weighted by molar-refractivity contribution is -0.137. The van der Waals surface area contributed by atoms with Gasteiger partial charge in [0.05, 0.1) is 18.2 Å². The summed E-state index contributed by atoms with van der Waals surface area (Å²) in [5.74, 6) is -0.321. The molecule has 1 saturated carbocycles. The molecule has 2 aromatic carbocycles. The monoisotopic (exact) mass is 481 g/mol. The molecule has 2 N–H and O–H groups in total. The first-order chi connectivity index (χ1) is 17.4. The quantitative estimate of drug-likeness (QED) is 0.490. The number of carboxylic acid groups (broad SMARTS) is 1. The lowest BCUT2D eigenvalue weighted by Crippen LogP contribution is -2.27. The second-order valence-corrected chi connectivity index (χ2v) is 9.63. The molecule has 2 atom stereocenters. The minimum atomic E-state index is -0.854. The van der Waals surface area contributed by atoms with E-state index in [9.17, 15) is 14.9 Å². The third-order valence-electron chi connectivity index (χ3n) is 7.29. The van der Waals surface area contributed by atoms with Gasteiger partial charge in [0.25, 0.3) is 0 Å². The van der Waals surface area contributed by atoms with Gasteiger partial charge in [0.2, 0.25) is 5.91 Å². The molecule has 3 aromatic rings. The number of anilines is 1. The Balaban J connectivity index is 1.39. The Morgan fingerprint density at radius 2 is 2.03 bits per heavy atom. The second-order valence-electron chi connectivity index (χ2n) is 9.63. The average molecular weight is 482 g/mol. The molecule has 1 aliphatic carbocycles. The third-order valence-corrected chi connectivity index (χ3v) is 7.29. The minimum Gasteiger partial charge on any atom is -0.493 e. The predicted molar refractivity (Wildman–Crippen MR) is 135 cm³/mol. The maximum Gasteiger partial charge on any atom is 0.303 e. The van der Waals surface area contributed by atoms with Gasteiger partial charge in [0.1, 0.15) is 5.75 Å². The summed E-state index contributed by atoms with van der Waals surface area (Å²) in [4.78, 5) is 28.8. The normalized spacial score (nSPS) is 19.6. The smallest absolute Gasteiger partial charge is 0.303 e. The van der Waals surface area contributed by atoms with E-state index in [-0.39, 0.29) is 23.7 Å². The van der Waals surface area contributed by atoms with E-state index < -0.39 is 5.97 Å². The number of hydrogen-bond donors (Lipinski definition) is 2. The van der Waals surface area contributed by atoms with Gasteiger partial charge in [-0.2, -0.15) is 5.26 Å². The number of amides is 1. The molecule has 2 aliphatic rings. The predicted octanol–water partition coefficient (Wildman–Crippen LogP) is 5.01. The van der Waals surface area contributed by atoms with Gasteiger partial charge in [0, 0.05) is 46.5 Å². The van der Waals surface area contributed by atoms with Crippen molar-refractivity contribution < 1.29 is 19.4 Å². The number of ether oxygens (including phenoxy) is 1. The van der Waals surface area contributed by atoms with E-state index in [1.54, 1.807) is 18.2 Å². The molecule has 2 heterocycles. The van der Waals surface area contributed by atoms with Gasteiger partial charge >= 0.3 is 5.97 Å². The van der Waals surface area contributed by atoms with E-state index in [0.717, 1.165) is 46.5 Å². The van der Waals surface area contributed by atoms with Crippen molar-refractivity contribution in [1.29, 1.82) is 5.26 Å². The molecule has 1 spiro atoms. The molecule has 0 unspecified atom stereocenters. The van der Waals surface area contributed by atoms with Gasteiger partial charge in [-0.25, -0.2) is 0 Å². The van der Waals surface area contributed by atoms with Crippen LogP contribution in [0, 0.1) is 24.2 Å². The van der Waals surface area contributed by atoms with Crippen molar-refractivity contribution in [3.8, 4) is 22.9 Å². The SMILES string of the molecule is Cc1ccc(-c2ccc3c(c2)[C@]2(CCO3)C[C@H]2C(=O)Nc2cc(C#N)ccc2CCCC(=O)O)cn1. The molecule has 7 heteroatoms. The molecule has 1 fully saturated rings. The Kier molecular flexibility index (Phi) is 6.19. The highest BCUT2D eigenvalue weighted by atomic mass is 16.5. The Morgan fingerprint density at radius 1 is 1.19 bits per heavy atom. The zero-order valence-electron chi connectivity index (χ0n) is 20.1. The highest BCUT2D eigenvalue weighted by Gasteiger charge is 2.61. The van der Waals surface area contributed by atoms with E-state index >= 15 is 0 Å². The molecule has 0 saturated heterocycles. The zero-order valence-corrected chi connectivity index (χ0v) is 20.1. The number of nitriles is 1. The van der Waals surface area contributed by atoms with Gasteiger partial charge < -0.3 is 15.2 Å². The van der Waals surface area contributed by atoms with Crippen LogP contribution in [0.2, 0.25) is 0 Å². The molecule has 7 nitrogen and oxygen atoms in total. The summed E-state index contributed by atoms with van der Waals surface area (Å²) in [5, 5.41) is 21.4. The topological polar surface area (TPSA) is 112 Å². The van der Waals surface area contributed by atoms with Crippen LogP contribution in [0.15, 0.2) is 54.7 Å². The average Bonchev–Trinajstić information content (AvgIpc) is 3.60. The van der Waals surface area contributed by atoms with Crippen LogP contribution in [0.4, 0.5) is 5.69 Å². The maximum atomic E-state index is 13.4. The maximum absolute atomic E-state index is 13.4. The first kappa shape index (κ1) is 23.6. The van der Waals surface area contributed by atoms with Gasteiger partial charge in [0.15, 0.2) is 0 Å². The number of pyridine rings is 1. The first-order valence-corrected chi connectivity index (χ1v) is 12.2.